The molecule has 1 heteroatoms. The molecule has 1 aliphatic carbocycles. The van der Waals surface area contributed by atoms with Crippen molar-refractivity contribution in [3.8, 4) is 0 Å². The first kappa shape index (κ1) is 21.5. The van der Waals surface area contributed by atoms with Crippen molar-refractivity contribution in [1.29, 1.82) is 0 Å². The van der Waals surface area contributed by atoms with E-state index >= 15 is 0 Å². The van der Waals surface area contributed by atoms with Crippen LogP contribution in [-0.4, -0.2) is 11.2 Å². The van der Waals surface area contributed by atoms with Gasteiger partial charge in [-0.25, -0.2) is 0 Å². The van der Waals surface area contributed by atoms with Gasteiger partial charge in [0.25, 0.3) is 0 Å². The maximum atomic E-state index is 9.46. The maximum Gasteiger partial charge on any atom is 0.0512 e. The Kier molecular flexibility index (Phi) is 9.75. The molecule has 2 rings (SSSR count). The zero-order valence-corrected chi connectivity index (χ0v) is 17.6. The highest BCUT2D eigenvalue weighted by Gasteiger charge is 2.20. The molecule has 26 heavy (non-hydrogen) atoms. The fraction of sp³-hybridized carbons (Fsp3) is 0.760. The summed E-state index contributed by atoms with van der Waals surface area (Å²) in [4.78, 5) is 0. The van der Waals surface area contributed by atoms with Crippen molar-refractivity contribution in [2.75, 3.05) is 0 Å². The summed E-state index contributed by atoms with van der Waals surface area (Å²) in [5, 5.41) is 9.46. The Hall–Kier alpha value is -0.820. The molecule has 2 unspecified atom stereocenters. The number of unbranched alkanes of at least 4 members (excludes halogenated alkanes) is 2. The second-order valence-corrected chi connectivity index (χ2v) is 8.99. The van der Waals surface area contributed by atoms with Crippen molar-refractivity contribution in [3.05, 3.63) is 35.4 Å². The third-order valence-electron chi connectivity index (χ3n) is 6.59. The quantitative estimate of drug-likeness (QED) is 0.412. The van der Waals surface area contributed by atoms with E-state index in [1.807, 2.05) is 6.92 Å². The van der Waals surface area contributed by atoms with Crippen molar-refractivity contribution in [2.45, 2.75) is 110 Å². The average Bonchev–Trinajstić information content (AvgIpc) is 2.66. The van der Waals surface area contributed by atoms with Gasteiger partial charge in [-0.3, -0.25) is 0 Å². The van der Waals surface area contributed by atoms with Gasteiger partial charge in [0.05, 0.1) is 6.10 Å². The Balaban J connectivity index is 1.67. The van der Waals surface area contributed by atoms with Crippen LogP contribution in [-0.2, 0) is 6.42 Å². The van der Waals surface area contributed by atoms with Crippen LogP contribution in [0.3, 0.4) is 0 Å². The van der Waals surface area contributed by atoms with E-state index in [4.69, 9.17) is 0 Å². The molecular weight excluding hydrogens is 316 g/mol. The van der Waals surface area contributed by atoms with Crippen molar-refractivity contribution >= 4 is 0 Å². The van der Waals surface area contributed by atoms with Gasteiger partial charge in [0, 0.05) is 0 Å². The highest BCUT2D eigenvalue weighted by molar-refractivity contribution is 5.25. The van der Waals surface area contributed by atoms with Crippen LogP contribution in [0.1, 0.15) is 108 Å². The first-order valence-corrected chi connectivity index (χ1v) is 11.3. The minimum Gasteiger partial charge on any atom is -0.393 e. The highest BCUT2D eigenvalue weighted by atomic mass is 16.3. The van der Waals surface area contributed by atoms with Crippen molar-refractivity contribution < 1.29 is 5.11 Å². The molecule has 1 nitrogen and oxygen atoms in total. The van der Waals surface area contributed by atoms with E-state index in [9.17, 15) is 5.11 Å². The Morgan fingerprint density at radius 3 is 2.08 bits per heavy atom. The third kappa shape index (κ3) is 7.82. The molecule has 0 heterocycles. The van der Waals surface area contributed by atoms with E-state index in [2.05, 4.69) is 38.1 Å². The summed E-state index contributed by atoms with van der Waals surface area (Å²) in [7, 11) is 0. The van der Waals surface area contributed by atoms with Crippen LogP contribution in [0, 0.1) is 11.8 Å². The number of hydrogen-bond donors (Lipinski definition) is 1. The highest BCUT2D eigenvalue weighted by Crippen LogP contribution is 2.34. The van der Waals surface area contributed by atoms with Gasteiger partial charge < -0.3 is 5.11 Å². The maximum absolute atomic E-state index is 9.46. The van der Waals surface area contributed by atoms with E-state index in [-0.39, 0.29) is 6.10 Å². The summed E-state index contributed by atoms with van der Waals surface area (Å²) in [5.74, 6) is 2.53. The fourth-order valence-corrected chi connectivity index (χ4v) is 4.53. The van der Waals surface area contributed by atoms with Gasteiger partial charge in [-0.15, -0.1) is 0 Å². The van der Waals surface area contributed by atoms with Crippen LogP contribution in [0.25, 0.3) is 0 Å². The molecule has 148 valence electrons. The molecule has 1 aliphatic rings. The van der Waals surface area contributed by atoms with Gasteiger partial charge in [0.15, 0.2) is 0 Å². The van der Waals surface area contributed by atoms with E-state index in [0.717, 1.165) is 24.7 Å². The van der Waals surface area contributed by atoms with Gasteiger partial charge in [-0.2, -0.15) is 0 Å². The lowest BCUT2D eigenvalue weighted by atomic mass is 9.77. The first-order chi connectivity index (χ1) is 12.6. The summed E-state index contributed by atoms with van der Waals surface area (Å²) in [5.41, 5.74) is 2.92. The van der Waals surface area contributed by atoms with Crippen LogP contribution >= 0.6 is 0 Å². The van der Waals surface area contributed by atoms with E-state index in [1.165, 1.54) is 75.3 Å². The molecule has 0 radical (unpaired) electrons. The number of aryl methyl sites for hydroxylation is 1. The summed E-state index contributed by atoms with van der Waals surface area (Å²) in [6, 6.07) is 9.30. The molecule has 0 saturated heterocycles. The molecule has 2 atom stereocenters. The molecule has 0 spiro atoms. The monoisotopic (exact) mass is 358 g/mol. The molecule has 1 fully saturated rings. The van der Waals surface area contributed by atoms with Crippen molar-refractivity contribution in [3.63, 3.8) is 0 Å². The van der Waals surface area contributed by atoms with Gasteiger partial charge >= 0.3 is 0 Å². The molecule has 1 N–H and O–H groups in total. The van der Waals surface area contributed by atoms with E-state index in [0.29, 0.717) is 5.92 Å². The molecule has 0 bridgehead atoms. The summed E-state index contributed by atoms with van der Waals surface area (Å²) in [6.07, 6.45) is 16.0. The van der Waals surface area contributed by atoms with Gasteiger partial charge in [0.1, 0.15) is 0 Å². The van der Waals surface area contributed by atoms with Crippen LogP contribution < -0.4 is 0 Å². The lowest BCUT2D eigenvalue weighted by Crippen LogP contribution is -2.15. The number of hydrogen-bond acceptors (Lipinski definition) is 1. The third-order valence-corrected chi connectivity index (χ3v) is 6.59. The summed E-state index contributed by atoms with van der Waals surface area (Å²) < 4.78 is 0. The minimum atomic E-state index is -0.182. The van der Waals surface area contributed by atoms with Crippen LogP contribution in [0.2, 0.25) is 0 Å². The second-order valence-electron chi connectivity index (χ2n) is 8.99. The lowest BCUT2D eigenvalue weighted by molar-refractivity contribution is 0.179. The van der Waals surface area contributed by atoms with Crippen molar-refractivity contribution in [1.82, 2.24) is 0 Å². The Labute approximate surface area is 162 Å². The first-order valence-electron chi connectivity index (χ1n) is 11.3. The van der Waals surface area contributed by atoms with Crippen LogP contribution in [0.4, 0.5) is 0 Å². The Bertz CT molecular complexity index is 467. The number of aliphatic hydroxyl groups is 1. The topological polar surface area (TPSA) is 20.2 Å². The molecule has 0 aromatic heterocycles. The smallest absolute Gasteiger partial charge is 0.0512 e. The molecule has 0 aliphatic heterocycles. The van der Waals surface area contributed by atoms with Gasteiger partial charge in [0.2, 0.25) is 0 Å². The molecule has 1 aromatic carbocycles. The fourth-order valence-electron chi connectivity index (χ4n) is 4.53. The lowest BCUT2D eigenvalue weighted by Gasteiger charge is -2.28. The number of aliphatic hydroxyl groups excluding tert-OH is 1. The Morgan fingerprint density at radius 2 is 1.50 bits per heavy atom. The predicted octanol–water partition coefficient (Wildman–Crippen LogP) is 7.27. The van der Waals surface area contributed by atoms with Crippen LogP contribution in [0.5, 0.6) is 0 Å². The zero-order chi connectivity index (χ0) is 18.8. The second kappa shape index (κ2) is 11.8. The molecule has 0 amide bonds. The minimum absolute atomic E-state index is 0.182. The van der Waals surface area contributed by atoms with E-state index < -0.39 is 0 Å². The van der Waals surface area contributed by atoms with Gasteiger partial charge in [-0.05, 0) is 61.5 Å². The number of rotatable bonds is 11. The van der Waals surface area contributed by atoms with E-state index in [1.54, 1.807) is 0 Å². The van der Waals surface area contributed by atoms with Gasteiger partial charge in [-0.1, -0.05) is 89.5 Å². The Morgan fingerprint density at radius 1 is 0.885 bits per heavy atom. The molecular formula is C25H42O. The normalized spacial score (nSPS) is 22.9. The SMILES string of the molecule is CCCCCC1CCC(CCc2ccc(C(C)CCC(C)O)cc2)CC1. The zero-order valence-electron chi connectivity index (χ0n) is 17.6. The van der Waals surface area contributed by atoms with Crippen LogP contribution in [0.15, 0.2) is 24.3 Å². The molecule has 1 saturated carbocycles. The standard InChI is InChI=1S/C25H42O/c1-4-5-6-7-22-10-12-23(13-11-22)14-15-24-16-18-25(19-17-24)20(2)8-9-21(3)26/h16-23,26H,4-15H2,1-3H3. The molecule has 1 aromatic rings. The predicted molar refractivity (Wildman–Crippen MR) is 114 cm³/mol. The largest absolute Gasteiger partial charge is 0.393 e. The van der Waals surface area contributed by atoms with Crippen molar-refractivity contribution in [2.24, 2.45) is 11.8 Å². The average molecular weight is 359 g/mol. The number of benzene rings is 1. The summed E-state index contributed by atoms with van der Waals surface area (Å²) >= 11 is 0. The summed E-state index contributed by atoms with van der Waals surface area (Å²) in [6.45, 7) is 6.46.